The minimum Gasteiger partial charge on any atom is -0.380 e. The van der Waals surface area contributed by atoms with Crippen LogP contribution < -0.4 is 0 Å². The van der Waals surface area contributed by atoms with E-state index in [9.17, 15) is 5.11 Å². The first-order valence-corrected chi connectivity index (χ1v) is 10.7. The standard InChI is InChI=1S/C22H25Cl3O5/c1-15-21(26,22(23,24)25)19(29-14-17-11-7-4-8-12-17)18(20(27-2)30-15)28-13-16-9-5-3-6-10-16/h3-12,15,18-20,26H,13-14H2,1-2H3/t15-,18-,19-,20-,21+/m1/s1. The second kappa shape index (κ2) is 10.2. The maximum absolute atomic E-state index is 11.5. The number of aliphatic hydroxyl groups is 1. The number of hydrogen-bond donors (Lipinski definition) is 1. The van der Waals surface area contributed by atoms with Gasteiger partial charge >= 0.3 is 0 Å². The summed E-state index contributed by atoms with van der Waals surface area (Å²) in [4.78, 5) is 0. The van der Waals surface area contributed by atoms with E-state index in [2.05, 4.69) is 0 Å². The number of halogens is 3. The maximum atomic E-state index is 11.5. The van der Waals surface area contributed by atoms with Gasteiger partial charge in [0.05, 0.1) is 19.3 Å². The number of ether oxygens (including phenoxy) is 4. The first-order valence-electron chi connectivity index (χ1n) is 9.55. The van der Waals surface area contributed by atoms with Gasteiger partial charge in [-0.3, -0.25) is 0 Å². The predicted molar refractivity (Wildman–Crippen MR) is 117 cm³/mol. The Morgan fingerprint density at radius 2 is 1.43 bits per heavy atom. The van der Waals surface area contributed by atoms with Crippen molar-refractivity contribution in [1.29, 1.82) is 0 Å². The quantitative estimate of drug-likeness (QED) is 0.591. The van der Waals surface area contributed by atoms with Crippen LogP contribution in [0.2, 0.25) is 0 Å². The molecule has 0 aromatic heterocycles. The van der Waals surface area contributed by atoms with E-state index >= 15 is 0 Å². The molecule has 164 valence electrons. The fourth-order valence-electron chi connectivity index (χ4n) is 3.50. The zero-order chi connectivity index (χ0) is 21.8. The van der Waals surface area contributed by atoms with Gasteiger partial charge < -0.3 is 24.1 Å². The average Bonchev–Trinajstić information content (AvgIpc) is 2.74. The molecule has 3 rings (SSSR count). The summed E-state index contributed by atoms with van der Waals surface area (Å²) in [6.45, 7) is 2.04. The Bertz CT molecular complexity index is 786. The monoisotopic (exact) mass is 474 g/mol. The number of benzene rings is 2. The van der Waals surface area contributed by atoms with Crippen molar-refractivity contribution in [3.8, 4) is 0 Å². The first-order chi connectivity index (χ1) is 14.3. The van der Waals surface area contributed by atoms with Crippen LogP contribution in [0.4, 0.5) is 0 Å². The summed E-state index contributed by atoms with van der Waals surface area (Å²) in [5.41, 5.74) is -0.146. The molecule has 1 aliphatic heterocycles. The minimum atomic E-state index is -2.10. The Hall–Kier alpha value is -0.890. The fraction of sp³-hybridized carbons (Fsp3) is 0.455. The van der Waals surface area contributed by atoms with Crippen LogP contribution in [-0.2, 0) is 32.2 Å². The molecule has 1 N–H and O–H groups in total. The minimum absolute atomic E-state index is 0.183. The summed E-state index contributed by atoms with van der Waals surface area (Å²) in [6, 6.07) is 19.1. The normalized spacial score (nSPS) is 29.7. The highest BCUT2D eigenvalue weighted by Gasteiger charge is 2.64. The number of alkyl halides is 3. The highest BCUT2D eigenvalue weighted by molar-refractivity contribution is 6.68. The van der Waals surface area contributed by atoms with Gasteiger partial charge in [-0.05, 0) is 18.1 Å². The highest BCUT2D eigenvalue weighted by atomic mass is 35.6. The van der Waals surface area contributed by atoms with E-state index in [1.165, 1.54) is 7.11 Å². The lowest BCUT2D eigenvalue weighted by molar-refractivity contribution is -0.336. The fourth-order valence-corrected chi connectivity index (χ4v) is 4.29. The van der Waals surface area contributed by atoms with E-state index in [4.69, 9.17) is 53.8 Å². The first kappa shape index (κ1) is 23.8. The summed E-state index contributed by atoms with van der Waals surface area (Å²) < 4.78 is 21.4. The van der Waals surface area contributed by atoms with Crippen molar-refractivity contribution in [1.82, 2.24) is 0 Å². The molecule has 1 aliphatic rings. The molecule has 0 bridgehead atoms. The number of rotatable bonds is 7. The summed E-state index contributed by atoms with van der Waals surface area (Å²) >= 11 is 18.7. The third kappa shape index (κ3) is 5.12. The van der Waals surface area contributed by atoms with Crippen LogP contribution in [0.5, 0.6) is 0 Å². The third-order valence-corrected chi connectivity index (χ3v) is 6.11. The topological polar surface area (TPSA) is 57.2 Å². The van der Waals surface area contributed by atoms with Crippen LogP contribution in [0.3, 0.4) is 0 Å². The van der Waals surface area contributed by atoms with E-state index in [0.29, 0.717) is 0 Å². The molecule has 0 radical (unpaired) electrons. The van der Waals surface area contributed by atoms with Gasteiger partial charge in [0.15, 0.2) is 11.9 Å². The lowest BCUT2D eigenvalue weighted by Gasteiger charge is -2.52. The Morgan fingerprint density at radius 1 is 0.933 bits per heavy atom. The summed E-state index contributed by atoms with van der Waals surface area (Å²) in [7, 11) is 1.49. The van der Waals surface area contributed by atoms with E-state index in [-0.39, 0.29) is 13.2 Å². The lowest BCUT2D eigenvalue weighted by atomic mass is 9.85. The molecule has 1 heterocycles. The van der Waals surface area contributed by atoms with Gasteiger partial charge in [0.1, 0.15) is 12.2 Å². The maximum Gasteiger partial charge on any atom is 0.223 e. The van der Waals surface area contributed by atoms with Gasteiger partial charge in [-0.2, -0.15) is 0 Å². The summed E-state index contributed by atoms with van der Waals surface area (Å²) in [6.07, 6.45) is -3.61. The molecule has 2 aromatic carbocycles. The Labute approximate surface area is 191 Å². The Morgan fingerprint density at radius 3 is 1.90 bits per heavy atom. The van der Waals surface area contributed by atoms with Crippen LogP contribution in [-0.4, -0.2) is 46.2 Å². The van der Waals surface area contributed by atoms with Crippen LogP contribution >= 0.6 is 34.8 Å². The lowest BCUT2D eigenvalue weighted by Crippen LogP contribution is -2.71. The van der Waals surface area contributed by atoms with E-state index in [0.717, 1.165) is 11.1 Å². The zero-order valence-electron chi connectivity index (χ0n) is 16.7. The molecule has 0 spiro atoms. The van der Waals surface area contributed by atoms with Crippen molar-refractivity contribution in [2.75, 3.05) is 7.11 Å². The molecule has 0 aliphatic carbocycles. The van der Waals surface area contributed by atoms with Crippen molar-refractivity contribution in [3.63, 3.8) is 0 Å². The van der Waals surface area contributed by atoms with Gasteiger partial charge in [0.2, 0.25) is 3.79 Å². The van der Waals surface area contributed by atoms with Gasteiger partial charge in [0, 0.05) is 7.11 Å². The van der Waals surface area contributed by atoms with Crippen molar-refractivity contribution in [2.24, 2.45) is 0 Å². The Balaban J connectivity index is 1.90. The molecule has 8 heteroatoms. The van der Waals surface area contributed by atoms with Crippen molar-refractivity contribution >= 4 is 34.8 Å². The molecular weight excluding hydrogens is 451 g/mol. The SMILES string of the molecule is CO[C@@H]1O[C@H](C)[C@@](O)(C(Cl)(Cl)Cl)[C@H](OCc2ccccc2)[C@H]1OCc1ccccc1. The largest absolute Gasteiger partial charge is 0.380 e. The van der Waals surface area contributed by atoms with Gasteiger partial charge in [-0.15, -0.1) is 0 Å². The van der Waals surface area contributed by atoms with Gasteiger partial charge in [-0.1, -0.05) is 95.5 Å². The average molecular weight is 476 g/mol. The van der Waals surface area contributed by atoms with Gasteiger partial charge in [0.25, 0.3) is 0 Å². The molecule has 5 nitrogen and oxygen atoms in total. The number of methoxy groups -OCH3 is 1. The van der Waals surface area contributed by atoms with E-state index in [1.807, 2.05) is 60.7 Å². The van der Waals surface area contributed by atoms with E-state index < -0.39 is 34.0 Å². The van der Waals surface area contributed by atoms with Crippen molar-refractivity contribution < 1.29 is 24.1 Å². The van der Waals surface area contributed by atoms with Gasteiger partial charge in [-0.25, -0.2) is 0 Å². The zero-order valence-corrected chi connectivity index (χ0v) is 19.0. The third-order valence-electron chi connectivity index (χ3n) is 5.20. The smallest absolute Gasteiger partial charge is 0.223 e. The second-order valence-corrected chi connectivity index (χ2v) is 9.47. The van der Waals surface area contributed by atoms with E-state index in [1.54, 1.807) is 6.92 Å². The van der Waals surface area contributed by atoms with Crippen molar-refractivity contribution in [2.45, 2.75) is 54.1 Å². The molecule has 1 fully saturated rings. The number of hydrogen-bond acceptors (Lipinski definition) is 5. The molecule has 1 saturated heterocycles. The highest BCUT2D eigenvalue weighted by Crippen LogP contribution is 2.49. The molecule has 2 aromatic rings. The van der Waals surface area contributed by atoms with Crippen LogP contribution in [0.25, 0.3) is 0 Å². The van der Waals surface area contributed by atoms with Crippen LogP contribution in [0, 0.1) is 0 Å². The Kier molecular flexibility index (Phi) is 8.04. The molecule has 0 amide bonds. The molecule has 0 unspecified atom stereocenters. The van der Waals surface area contributed by atoms with Crippen molar-refractivity contribution in [3.05, 3.63) is 71.8 Å². The predicted octanol–water partition coefficient (Wildman–Crippen LogP) is 4.65. The molecular formula is C22H25Cl3O5. The summed E-state index contributed by atoms with van der Waals surface area (Å²) in [5, 5.41) is 11.5. The molecule has 0 saturated carbocycles. The van der Waals surface area contributed by atoms with Crippen LogP contribution in [0.15, 0.2) is 60.7 Å². The van der Waals surface area contributed by atoms with Crippen LogP contribution in [0.1, 0.15) is 18.1 Å². The molecule has 30 heavy (non-hydrogen) atoms. The molecule has 5 atom stereocenters. The summed E-state index contributed by atoms with van der Waals surface area (Å²) in [5.74, 6) is 0. The second-order valence-electron chi connectivity index (χ2n) is 7.18.